The van der Waals surface area contributed by atoms with Crippen LogP contribution in [0.25, 0.3) is 0 Å². The number of benzene rings is 1. The Morgan fingerprint density at radius 1 is 1.39 bits per heavy atom. The second kappa shape index (κ2) is 5.83. The van der Waals surface area contributed by atoms with Crippen LogP contribution in [0.4, 0.5) is 4.39 Å². The summed E-state index contributed by atoms with van der Waals surface area (Å²) in [6.07, 6.45) is 0. The van der Waals surface area contributed by atoms with Crippen molar-refractivity contribution in [3.05, 3.63) is 56.5 Å². The first-order valence-corrected chi connectivity index (χ1v) is 7.11. The maximum atomic E-state index is 13.7. The third-order valence-corrected chi connectivity index (χ3v) is 4.27. The van der Waals surface area contributed by atoms with E-state index < -0.39 is 0 Å². The molecule has 1 atom stereocenters. The predicted molar refractivity (Wildman–Crippen MR) is 76.0 cm³/mol. The van der Waals surface area contributed by atoms with Crippen molar-refractivity contribution in [1.29, 1.82) is 0 Å². The molecule has 0 fully saturated rings. The average Bonchev–Trinajstić information content (AvgIpc) is 2.76. The summed E-state index contributed by atoms with van der Waals surface area (Å²) in [5.41, 5.74) is 1.57. The van der Waals surface area contributed by atoms with E-state index in [9.17, 15) is 4.39 Å². The van der Waals surface area contributed by atoms with Gasteiger partial charge in [0, 0.05) is 4.88 Å². The molecule has 2 rings (SSSR count). The molecule has 4 heteroatoms. The van der Waals surface area contributed by atoms with E-state index in [1.54, 1.807) is 30.4 Å². The largest absolute Gasteiger partial charge is 0.306 e. The van der Waals surface area contributed by atoms with Crippen LogP contribution < -0.4 is 5.32 Å². The van der Waals surface area contributed by atoms with Crippen molar-refractivity contribution >= 4 is 22.9 Å². The zero-order valence-corrected chi connectivity index (χ0v) is 11.9. The first kappa shape index (κ1) is 13.5. The van der Waals surface area contributed by atoms with Crippen LogP contribution in [0.5, 0.6) is 0 Å². The summed E-state index contributed by atoms with van der Waals surface area (Å²) in [4.78, 5) is 1.03. The van der Waals surface area contributed by atoms with Gasteiger partial charge in [-0.2, -0.15) is 0 Å². The lowest BCUT2D eigenvalue weighted by molar-refractivity contribution is 0.600. The lowest BCUT2D eigenvalue weighted by Gasteiger charge is -2.18. The fourth-order valence-corrected chi connectivity index (χ4v) is 3.13. The van der Waals surface area contributed by atoms with E-state index >= 15 is 0 Å². The molecule has 1 N–H and O–H groups in total. The van der Waals surface area contributed by atoms with Crippen LogP contribution in [-0.2, 0) is 0 Å². The van der Waals surface area contributed by atoms with Crippen LogP contribution in [0.3, 0.4) is 0 Å². The number of rotatable bonds is 4. The highest BCUT2D eigenvalue weighted by Crippen LogP contribution is 2.33. The minimum Gasteiger partial charge on any atom is -0.306 e. The van der Waals surface area contributed by atoms with E-state index in [0.29, 0.717) is 5.56 Å². The van der Waals surface area contributed by atoms with Crippen molar-refractivity contribution in [1.82, 2.24) is 5.32 Å². The molecule has 0 aliphatic rings. The van der Waals surface area contributed by atoms with E-state index in [1.165, 1.54) is 0 Å². The van der Waals surface area contributed by atoms with Gasteiger partial charge in [-0.1, -0.05) is 30.7 Å². The highest BCUT2D eigenvalue weighted by molar-refractivity contribution is 7.10. The van der Waals surface area contributed by atoms with E-state index in [0.717, 1.165) is 22.0 Å². The summed E-state index contributed by atoms with van der Waals surface area (Å²) in [5.74, 6) is -0.178. The number of halogens is 2. The van der Waals surface area contributed by atoms with Crippen molar-refractivity contribution in [3.63, 3.8) is 0 Å². The molecular weight excluding hydrogens is 269 g/mol. The van der Waals surface area contributed by atoms with Gasteiger partial charge in [0.05, 0.1) is 11.1 Å². The highest BCUT2D eigenvalue weighted by Gasteiger charge is 2.18. The summed E-state index contributed by atoms with van der Waals surface area (Å²) < 4.78 is 13.7. The molecule has 2 aromatic rings. The molecule has 1 heterocycles. The molecule has 1 aromatic carbocycles. The Hall–Kier alpha value is -0.900. The molecule has 0 saturated carbocycles. The van der Waals surface area contributed by atoms with Gasteiger partial charge in [0.15, 0.2) is 0 Å². The van der Waals surface area contributed by atoms with Crippen LogP contribution >= 0.6 is 22.9 Å². The van der Waals surface area contributed by atoms with Gasteiger partial charge in [-0.05, 0) is 42.1 Å². The third kappa shape index (κ3) is 2.74. The Balaban J connectivity index is 2.41. The Bertz CT molecular complexity index is 538. The van der Waals surface area contributed by atoms with Gasteiger partial charge in [0.2, 0.25) is 0 Å². The monoisotopic (exact) mass is 283 g/mol. The Kier molecular flexibility index (Phi) is 4.38. The molecule has 0 aliphatic heterocycles. The van der Waals surface area contributed by atoms with E-state index in [4.69, 9.17) is 11.6 Å². The van der Waals surface area contributed by atoms with Crippen LogP contribution in [-0.4, -0.2) is 6.54 Å². The van der Waals surface area contributed by atoms with Crippen LogP contribution in [0, 0.1) is 12.7 Å². The lowest BCUT2D eigenvalue weighted by Crippen LogP contribution is -2.21. The fraction of sp³-hybridized carbons (Fsp3) is 0.286. The number of nitrogens with one attached hydrogen (secondary N) is 1. The van der Waals surface area contributed by atoms with Gasteiger partial charge in [0.1, 0.15) is 5.82 Å². The van der Waals surface area contributed by atoms with Gasteiger partial charge in [-0.15, -0.1) is 11.3 Å². The number of thiophene rings is 1. The second-order valence-corrected chi connectivity index (χ2v) is 5.49. The molecular formula is C14H15ClFNS. The first-order chi connectivity index (χ1) is 8.63. The molecule has 1 nitrogen and oxygen atoms in total. The second-order valence-electron chi connectivity index (χ2n) is 4.13. The zero-order chi connectivity index (χ0) is 13.1. The van der Waals surface area contributed by atoms with Crippen LogP contribution in [0.1, 0.15) is 29.0 Å². The van der Waals surface area contributed by atoms with Crippen molar-refractivity contribution in [2.75, 3.05) is 6.54 Å². The molecule has 0 amide bonds. The summed E-state index contributed by atoms with van der Waals surface area (Å²) in [6.45, 7) is 4.59. The van der Waals surface area contributed by atoms with Gasteiger partial charge in [-0.3, -0.25) is 0 Å². The molecule has 1 aromatic heterocycles. The van der Waals surface area contributed by atoms with Crippen LogP contribution in [0.15, 0.2) is 29.6 Å². The molecule has 1 unspecified atom stereocenters. The summed E-state index contributed by atoms with van der Waals surface area (Å²) in [6, 6.07) is 7.16. The molecule has 18 heavy (non-hydrogen) atoms. The van der Waals surface area contributed by atoms with E-state index in [1.807, 2.05) is 24.4 Å². The highest BCUT2D eigenvalue weighted by atomic mass is 35.5. The van der Waals surface area contributed by atoms with E-state index in [-0.39, 0.29) is 11.9 Å². The molecule has 0 aliphatic carbocycles. The van der Waals surface area contributed by atoms with Crippen molar-refractivity contribution < 1.29 is 4.39 Å². The van der Waals surface area contributed by atoms with Gasteiger partial charge < -0.3 is 5.32 Å². The quantitative estimate of drug-likeness (QED) is 0.868. The van der Waals surface area contributed by atoms with Crippen molar-refractivity contribution in [2.24, 2.45) is 0 Å². The molecule has 0 saturated heterocycles. The summed E-state index contributed by atoms with van der Waals surface area (Å²) in [7, 11) is 0. The normalized spacial score (nSPS) is 12.7. The zero-order valence-electron chi connectivity index (χ0n) is 10.3. The lowest BCUT2D eigenvalue weighted by atomic mass is 10.0. The predicted octanol–water partition coefficient (Wildman–Crippen LogP) is 4.55. The minimum absolute atomic E-state index is 0.0439. The number of aryl methyl sites for hydroxylation is 1. The molecule has 96 valence electrons. The third-order valence-electron chi connectivity index (χ3n) is 2.84. The minimum atomic E-state index is -0.178. The van der Waals surface area contributed by atoms with Crippen molar-refractivity contribution in [3.8, 4) is 0 Å². The standard InChI is InChI=1S/C14H15ClFNS/c1-3-17-13(14-11(15)6-7-18-14)10-5-4-9(2)12(16)8-10/h4-8,13,17H,3H2,1-2H3. The van der Waals surface area contributed by atoms with Gasteiger partial charge in [0.25, 0.3) is 0 Å². The van der Waals surface area contributed by atoms with Gasteiger partial charge in [-0.25, -0.2) is 4.39 Å². The van der Waals surface area contributed by atoms with Crippen molar-refractivity contribution in [2.45, 2.75) is 19.9 Å². The van der Waals surface area contributed by atoms with Gasteiger partial charge >= 0.3 is 0 Å². The maximum Gasteiger partial charge on any atom is 0.126 e. The van der Waals surface area contributed by atoms with Crippen LogP contribution in [0.2, 0.25) is 5.02 Å². The summed E-state index contributed by atoms with van der Waals surface area (Å²) >= 11 is 7.75. The SMILES string of the molecule is CCNC(c1ccc(C)c(F)c1)c1sccc1Cl. The Morgan fingerprint density at radius 3 is 2.72 bits per heavy atom. The smallest absolute Gasteiger partial charge is 0.126 e. The molecule has 0 radical (unpaired) electrons. The van der Waals surface area contributed by atoms with E-state index in [2.05, 4.69) is 5.32 Å². The molecule has 0 spiro atoms. The summed E-state index contributed by atoms with van der Waals surface area (Å²) in [5, 5.41) is 6.03. The Labute approximate surface area is 116 Å². The number of hydrogen-bond donors (Lipinski definition) is 1. The fourth-order valence-electron chi connectivity index (χ4n) is 1.87. The topological polar surface area (TPSA) is 12.0 Å². The Morgan fingerprint density at radius 2 is 2.17 bits per heavy atom. The molecule has 0 bridgehead atoms. The first-order valence-electron chi connectivity index (χ1n) is 5.85. The average molecular weight is 284 g/mol. The number of hydrogen-bond acceptors (Lipinski definition) is 2. The maximum absolute atomic E-state index is 13.7.